The SMILES string of the molecule is NC(=NO)c1ccc(OCC2CCCCC2)c([N+](=O)[O-])c1. The van der Waals surface area contributed by atoms with E-state index >= 15 is 0 Å². The van der Waals surface area contributed by atoms with Gasteiger partial charge in [-0.1, -0.05) is 24.4 Å². The van der Waals surface area contributed by atoms with Gasteiger partial charge in [-0.3, -0.25) is 10.1 Å². The molecule has 0 atom stereocenters. The summed E-state index contributed by atoms with van der Waals surface area (Å²) in [6, 6.07) is 4.29. The Balaban J connectivity index is 2.12. The molecule has 1 aliphatic carbocycles. The highest BCUT2D eigenvalue weighted by Gasteiger charge is 2.20. The quantitative estimate of drug-likeness (QED) is 0.285. The molecule has 0 unspecified atom stereocenters. The zero-order valence-corrected chi connectivity index (χ0v) is 11.7. The van der Waals surface area contributed by atoms with Gasteiger partial charge in [0.05, 0.1) is 11.5 Å². The van der Waals surface area contributed by atoms with Crippen LogP contribution in [-0.2, 0) is 0 Å². The molecule has 0 aliphatic heterocycles. The Hall–Kier alpha value is -2.31. The van der Waals surface area contributed by atoms with Gasteiger partial charge in [-0.05, 0) is 30.9 Å². The van der Waals surface area contributed by atoms with E-state index in [-0.39, 0.29) is 22.8 Å². The first kappa shape index (κ1) is 15.1. The van der Waals surface area contributed by atoms with Crippen molar-refractivity contribution < 1.29 is 14.9 Å². The average molecular weight is 293 g/mol. The van der Waals surface area contributed by atoms with Crippen LogP contribution in [0, 0.1) is 16.0 Å². The molecule has 0 heterocycles. The van der Waals surface area contributed by atoms with Gasteiger partial charge < -0.3 is 15.7 Å². The summed E-state index contributed by atoms with van der Waals surface area (Å²) in [4.78, 5) is 10.6. The summed E-state index contributed by atoms with van der Waals surface area (Å²) in [6.07, 6.45) is 5.86. The van der Waals surface area contributed by atoms with E-state index in [2.05, 4.69) is 5.16 Å². The van der Waals surface area contributed by atoms with Crippen molar-refractivity contribution in [1.82, 2.24) is 0 Å². The minimum Gasteiger partial charge on any atom is -0.487 e. The highest BCUT2D eigenvalue weighted by Crippen LogP contribution is 2.30. The summed E-state index contributed by atoms with van der Waals surface area (Å²) >= 11 is 0. The number of oxime groups is 1. The van der Waals surface area contributed by atoms with Crippen molar-refractivity contribution in [3.05, 3.63) is 33.9 Å². The minimum atomic E-state index is -0.523. The number of nitrogens with two attached hydrogens (primary N) is 1. The predicted molar refractivity (Wildman–Crippen MR) is 77.7 cm³/mol. The van der Waals surface area contributed by atoms with Gasteiger partial charge in [0.1, 0.15) is 0 Å². The maximum absolute atomic E-state index is 11.1. The summed E-state index contributed by atoms with van der Waals surface area (Å²) in [5.74, 6) is 0.513. The standard InChI is InChI=1S/C14H19N3O4/c15-14(16-18)11-6-7-13(12(8-11)17(19)20)21-9-10-4-2-1-3-5-10/h6-8,10,18H,1-5,9H2,(H2,15,16). The van der Waals surface area contributed by atoms with E-state index < -0.39 is 4.92 Å². The Morgan fingerprint density at radius 2 is 2.14 bits per heavy atom. The number of benzene rings is 1. The van der Waals surface area contributed by atoms with Gasteiger partial charge in [0.2, 0.25) is 0 Å². The van der Waals surface area contributed by atoms with E-state index in [0.717, 1.165) is 12.8 Å². The van der Waals surface area contributed by atoms with E-state index in [1.54, 1.807) is 0 Å². The van der Waals surface area contributed by atoms with Crippen LogP contribution in [0.15, 0.2) is 23.4 Å². The fraction of sp³-hybridized carbons (Fsp3) is 0.500. The van der Waals surface area contributed by atoms with Crippen molar-refractivity contribution in [3.8, 4) is 5.75 Å². The van der Waals surface area contributed by atoms with Crippen LogP contribution < -0.4 is 10.5 Å². The maximum Gasteiger partial charge on any atom is 0.311 e. The molecule has 1 fully saturated rings. The average Bonchev–Trinajstić information content (AvgIpc) is 2.52. The molecule has 1 saturated carbocycles. The third-order valence-electron chi connectivity index (χ3n) is 3.76. The zero-order chi connectivity index (χ0) is 15.2. The molecule has 3 N–H and O–H groups in total. The molecule has 0 aromatic heterocycles. The van der Waals surface area contributed by atoms with Crippen LogP contribution in [0.2, 0.25) is 0 Å². The van der Waals surface area contributed by atoms with E-state index in [4.69, 9.17) is 15.7 Å². The number of rotatable bonds is 5. The van der Waals surface area contributed by atoms with Crippen LogP contribution in [0.5, 0.6) is 5.75 Å². The number of hydrogen-bond acceptors (Lipinski definition) is 5. The first-order valence-electron chi connectivity index (χ1n) is 7.01. The third-order valence-corrected chi connectivity index (χ3v) is 3.76. The second kappa shape index (κ2) is 6.92. The molecule has 7 heteroatoms. The predicted octanol–water partition coefficient (Wildman–Crippen LogP) is 2.65. The highest BCUT2D eigenvalue weighted by molar-refractivity contribution is 5.97. The molecule has 0 saturated heterocycles. The van der Waals surface area contributed by atoms with Crippen LogP contribution in [0.1, 0.15) is 37.7 Å². The van der Waals surface area contributed by atoms with Crippen LogP contribution >= 0.6 is 0 Å². The summed E-state index contributed by atoms with van der Waals surface area (Å²) in [5.41, 5.74) is 5.56. The topological polar surface area (TPSA) is 111 Å². The van der Waals surface area contributed by atoms with Gasteiger partial charge in [0, 0.05) is 11.6 Å². The number of nitro benzene ring substituents is 1. The lowest BCUT2D eigenvalue weighted by Gasteiger charge is -2.21. The zero-order valence-electron chi connectivity index (χ0n) is 11.7. The minimum absolute atomic E-state index is 0.170. The Labute approximate surface area is 122 Å². The Morgan fingerprint density at radius 3 is 2.76 bits per heavy atom. The summed E-state index contributed by atoms with van der Waals surface area (Å²) in [7, 11) is 0. The van der Waals surface area contributed by atoms with Crippen molar-refractivity contribution in [2.45, 2.75) is 32.1 Å². The second-order valence-electron chi connectivity index (χ2n) is 5.24. The van der Waals surface area contributed by atoms with Crippen molar-refractivity contribution in [1.29, 1.82) is 0 Å². The molecule has 0 spiro atoms. The van der Waals surface area contributed by atoms with E-state index in [9.17, 15) is 10.1 Å². The second-order valence-corrected chi connectivity index (χ2v) is 5.24. The maximum atomic E-state index is 11.1. The van der Waals surface area contributed by atoms with Gasteiger partial charge in [0.25, 0.3) is 0 Å². The largest absolute Gasteiger partial charge is 0.487 e. The molecule has 1 aromatic rings. The van der Waals surface area contributed by atoms with Gasteiger partial charge >= 0.3 is 5.69 Å². The Bertz CT molecular complexity index is 539. The van der Waals surface area contributed by atoms with Gasteiger partial charge in [-0.15, -0.1) is 0 Å². The molecular formula is C14H19N3O4. The summed E-state index contributed by atoms with van der Waals surface area (Å²) in [6.45, 7) is 0.490. The van der Waals surface area contributed by atoms with Gasteiger partial charge in [-0.2, -0.15) is 0 Å². The summed E-state index contributed by atoms with van der Waals surface area (Å²) < 4.78 is 5.62. The lowest BCUT2D eigenvalue weighted by molar-refractivity contribution is -0.385. The van der Waals surface area contributed by atoms with Crippen molar-refractivity contribution >= 4 is 11.5 Å². The number of nitro groups is 1. The van der Waals surface area contributed by atoms with Crippen LogP contribution in [-0.4, -0.2) is 22.6 Å². The molecule has 2 rings (SSSR count). The Kier molecular flexibility index (Phi) is 4.97. The summed E-state index contributed by atoms with van der Waals surface area (Å²) in [5, 5.41) is 22.6. The lowest BCUT2D eigenvalue weighted by atomic mass is 9.90. The monoisotopic (exact) mass is 293 g/mol. The van der Waals surface area contributed by atoms with Gasteiger partial charge in [0.15, 0.2) is 11.6 Å². The van der Waals surface area contributed by atoms with E-state index in [1.165, 1.54) is 37.5 Å². The molecule has 0 radical (unpaired) electrons. The smallest absolute Gasteiger partial charge is 0.311 e. The molecular weight excluding hydrogens is 274 g/mol. The normalized spacial score (nSPS) is 16.7. The molecule has 0 bridgehead atoms. The van der Waals surface area contributed by atoms with E-state index in [0.29, 0.717) is 12.5 Å². The number of ether oxygens (including phenoxy) is 1. The molecule has 0 amide bonds. The molecule has 1 aromatic carbocycles. The van der Waals surface area contributed by atoms with E-state index in [1.807, 2.05) is 0 Å². The number of amidine groups is 1. The lowest BCUT2D eigenvalue weighted by Crippen LogP contribution is -2.16. The van der Waals surface area contributed by atoms with Gasteiger partial charge in [-0.25, -0.2) is 0 Å². The fourth-order valence-corrected chi connectivity index (χ4v) is 2.56. The number of hydrogen-bond donors (Lipinski definition) is 2. The van der Waals surface area contributed by atoms with Crippen molar-refractivity contribution in [2.24, 2.45) is 16.8 Å². The Morgan fingerprint density at radius 1 is 1.43 bits per heavy atom. The highest BCUT2D eigenvalue weighted by atomic mass is 16.6. The third kappa shape index (κ3) is 3.84. The van der Waals surface area contributed by atoms with Crippen LogP contribution in [0.4, 0.5) is 5.69 Å². The van der Waals surface area contributed by atoms with Crippen LogP contribution in [0.25, 0.3) is 0 Å². The molecule has 114 valence electrons. The first-order valence-corrected chi connectivity index (χ1v) is 7.01. The fourth-order valence-electron chi connectivity index (χ4n) is 2.56. The molecule has 21 heavy (non-hydrogen) atoms. The number of nitrogens with zero attached hydrogens (tertiary/aromatic N) is 2. The molecule has 7 nitrogen and oxygen atoms in total. The van der Waals surface area contributed by atoms with Crippen molar-refractivity contribution in [3.63, 3.8) is 0 Å². The first-order chi connectivity index (χ1) is 10.1. The van der Waals surface area contributed by atoms with Crippen molar-refractivity contribution in [2.75, 3.05) is 6.61 Å². The molecule has 1 aliphatic rings. The van der Waals surface area contributed by atoms with Crippen LogP contribution in [0.3, 0.4) is 0 Å².